The molecular weight excluding hydrogens is 220 g/mol. The van der Waals surface area contributed by atoms with Crippen LogP contribution in [-0.2, 0) is 0 Å². The quantitative estimate of drug-likeness (QED) is 0.588. The van der Waals surface area contributed by atoms with E-state index in [9.17, 15) is 18.7 Å². The van der Waals surface area contributed by atoms with Gasteiger partial charge in [-0.2, -0.15) is 5.26 Å². The van der Waals surface area contributed by atoms with Crippen molar-refractivity contribution in [1.29, 1.82) is 5.26 Å². The highest BCUT2D eigenvalue weighted by Gasteiger charge is 2.22. The van der Waals surface area contributed by atoms with E-state index < -0.39 is 35.0 Å². The van der Waals surface area contributed by atoms with Crippen LogP contribution in [0, 0.1) is 23.0 Å². The zero-order chi connectivity index (χ0) is 12.3. The maximum Gasteiger partial charge on any atom is 0.170 e. The fourth-order valence-electron chi connectivity index (χ4n) is 1.14. The first-order valence-corrected chi connectivity index (χ1v) is 4.21. The number of nitriles is 1. The monoisotopic (exact) mass is 227 g/mol. The highest BCUT2D eigenvalue weighted by molar-refractivity contribution is 5.75. The maximum absolute atomic E-state index is 13.3. The molecule has 0 amide bonds. The number of aliphatic hydroxyl groups is 2. The van der Waals surface area contributed by atoms with Crippen LogP contribution < -0.4 is 0 Å². The van der Waals surface area contributed by atoms with Crippen LogP contribution in [0.1, 0.15) is 22.0 Å². The molecule has 0 saturated carbocycles. The second kappa shape index (κ2) is 4.79. The summed E-state index contributed by atoms with van der Waals surface area (Å²) in [5, 5.41) is 26.5. The molecule has 0 saturated heterocycles. The molecule has 0 aromatic heterocycles. The van der Waals surface area contributed by atoms with E-state index in [1.165, 1.54) is 6.07 Å². The van der Waals surface area contributed by atoms with Crippen LogP contribution in [-0.4, -0.2) is 22.6 Å². The van der Waals surface area contributed by atoms with Crippen LogP contribution >= 0.6 is 0 Å². The molecule has 2 atom stereocenters. The van der Waals surface area contributed by atoms with Gasteiger partial charge in [0.05, 0.1) is 11.6 Å². The molecule has 6 heteroatoms. The molecule has 1 aromatic rings. The van der Waals surface area contributed by atoms with Crippen LogP contribution in [0.5, 0.6) is 0 Å². The van der Waals surface area contributed by atoms with Gasteiger partial charge in [0.15, 0.2) is 12.4 Å². The Morgan fingerprint density at radius 3 is 2.44 bits per heavy atom. The third-order valence-electron chi connectivity index (χ3n) is 1.99. The molecule has 0 aliphatic heterocycles. The number of hydrogen-bond acceptors (Lipinski definition) is 4. The largest absolute Gasteiger partial charge is 0.384 e. The molecule has 1 rings (SSSR count). The Bertz CT molecular complexity index is 456. The Balaban J connectivity index is 3.21. The Kier molecular flexibility index (Phi) is 3.66. The van der Waals surface area contributed by atoms with Gasteiger partial charge in [0, 0.05) is 5.56 Å². The number of carbonyl (C=O) groups is 1. The van der Waals surface area contributed by atoms with Gasteiger partial charge in [-0.1, -0.05) is 0 Å². The first-order chi connectivity index (χ1) is 7.51. The zero-order valence-corrected chi connectivity index (χ0v) is 7.89. The average molecular weight is 227 g/mol. The predicted octanol–water partition coefficient (Wildman–Crippen LogP) is 0.695. The minimum atomic E-state index is -1.86. The molecule has 0 aliphatic carbocycles. The molecule has 0 fully saturated rings. The third-order valence-corrected chi connectivity index (χ3v) is 1.99. The summed E-state index contributed by atoms with van der Waals surface area (Å²) in [6, 6.07) is 2.45. The predicted molar refractivity (Wildman–Crippen MR) is 48.3 cm³/mol. The van der Waals surface area contributed by atoms with Gasteiger partial charge < -0.3 is 10.2 Å². The number of hydrogen-bond donors (Lipinski definition) is 2. The number of carbonyl (C=O) groups excluding carboxylic acids is 1. The van der Waals surface area contributed by atoms with Crippen molar-refractivity contribution in [2.45, 2.75) is 12.2 Å². The van der Waals surface area contributed by atoms with Gasteiger partial charge in [-0.15, -0.1) is 0 Å². The van der Waals surface area contributed by atoms with Gasteiger partial charge in [0.2, 0.25) is 0 Å². The lowest BCUT2D eigenvalue weighted by Gasteiger charge is -2.13. The summed E-state index contributed by atoms with van der Waals surface area (Å²) in [5.74, 6) is -2.10. The van der Waals surface area contributed by atoms with Crippen LogP contribution in [0.2, 0.25) is 0 Å². The molecule has 0 aliphatic rings. The third kappa shape index (κ3) is 2.21. The Hall–Kier alpha value is -1.84. The molecule has 0 radical (unpaired) electrons. The molecule has 2 unspecified atom stereocenters. The lowest BCUT2D eigenvalue weighted by Crippen LogP contribution is -2.17. The zero-order valence-electron chi connectivity index (χ0n) is 7.89. The molecule has 0 spiro atoms. The van der Waals surface area contributed by atoms with E-state index in [1.807, 2.05) is 0 Å². The standard InChI is InChI=1S/C10H7F2NO3/c11-7-2-6(10(16)9(15)3-13)8(12)1-5(7)4-14/h1-2,4,9-10,15-16H. The van der Waals surface area contributed by atoms with Crippen molar-refractivity contribution in [1.82, 2.24) is 0 Å². The second-order valence-electron chi connectivity index (χ2n) is 3.03. The molecular formula is C10H7F2NO3. The Morgan fingerprint density at radius 2 is 1.94 bits per heavy atom. The van der Waals surface area contributed by atoms with Gasteiger partial charge in [0.1, 0.15) is 17.7 Å². The second-order valence-corrected chi connectivity index (χ2v) is 3.03. The number of nitrogens with zero attached hydrogens (tertiary/aromatic N) is 1. The molecule has 1 aromatic carbocycles. The normalized spacial score (nSPS) is 13.9. The summed E-state index contributed by atoms with van der Waals surface area (Å²) < 4.78 is 26.3. The van der Waals surface area contributed by atoms with E-state index in [4.69, 9.17) is 10.4 Å². The first-order valence-electron chi connectivity index (χ1n) is 4.21. The van der Waals surface area contributed by atoms with Gasteiger partial charge in [-0.25, -0.2) is 8.78 Å². The van der Waals surface area contributed by atoms with E-state index >= 15 is 0 Å². The average Bonchev–Trinajstić information content (AvgIpc) is 2.29. The molecule has 2 N–H and O–H groups in total. The van der Waals surface area contributed by atoms with E-state index in [2.05, 4.69) is 0 Å². The highest BCUT2D eigenvalue weighted by Crippen LogP contribution is 2.22. The van der Waals surface area contributed by atoms with Crippen molar-refractivity contribution in [3.8, 4) is 6.07 Å². The van der Waals surface area contributed by atoms with Gasteiger partial charge in [0.25, 0.3) is 0 Å². The summed E-state index contributed by atoms with van der Waals surface area (Å²) in [6.07, 6.45) is -3.61. The SMILES string of the molecule is N#CC(O)C(O)c1cc(F)c(C=O)cc1F. The minimum absolute atomic E-state index is 0.120. The fourth-order valence-corrected chi connectivity index (χ4v) is 1.14. The topological polar surface area (TPSA) is 81.3 Å². The Labute approximate surface area is 89.4 Å². The fraction of sp³-hybridized carbons (Fsp3) is 0.200. The number of aliphatic hydroxyl groups excluding tert-OH is 2. The number of aldehydes is 1. The van der Waals surface area contributed by atoms with E-state index in [0.717, 1.165) is 0 Å². The highest BCUT2D eigenvalue weighted by atomic mass is 19.1. The van der Waals surface area contributed by atoms with Crippen molar-refractivity contribution in [3.63, 3.8) is 0 Å². The summed E-state index contributed by atoms with van der Waals surface area (Å²) >= 11 is 0. The van der Waals surface area contributed by atoms with Crippen molar-refractivity contribution in [3.05, 3.63) is 34.9 Å². The maximum atomic E-state index is 13.3. The van der Waals surface area contributed by atoms with Crippen molar-refractivity contribution >= 4 is 6.29 Å². The number of rotatable bonds is 3. The van der Waals surface area contributed by atoms with E-state index in [0.29, 0.717) is 12.1 Å². The Morgan fingerprint density at radius 1 is 1.31 bits per heavy atom. The molecule has 84 valence electrons. The summed E-state index contributed by atoms with van der Waals surface area (Å²) in [5.41, 5.74) is -1.07. The van der Waals surface area contributed by atoms with Gasteiger partial charge >= 0.3 is 0 Å². The smallest absolute Gasteiger partial charge is 0.170 e. The van der Waals surface area contributed by atoms with Crippen LogP contribution in [0.4, 0.5) is 8.78 Å². The molecule has 4 nitrogen and oxygen atoms in total. The lowest BCUT2D eigenvalue weighted by atomic mass is 10.0. The molecule has 16 heavy (non-hydrogen) atoms. The van der Waals surface area contributed by atoms with E-state index in [1.54, 1.807) is 0 Å². The van der Waals surface area contributed by atoms with Gasteiger partial charge in [-0.3, -0.25) is 4.79 Å². The number of halogens is 2. The number of benzene rings is 1. The van der Waals surface area contributed by atoms with Crippen LogP contribution in [0.25, 0.3) is 0 Å². The summed E-state index contributed by atoms with van der Waals surface area (Å²) in [7, 11) is 0. The van der Waals surface area contributed by atoms with Crippen molar-refractivity contribution < 1.29 is 23.8 Å². The van der Waals surface area contributed by atoms with Crippen LogP contribution in [0.15, 0.2) is 12.1 Å². The molecule has 0 bridgehead atoms. The van der Waals surface area contributed by atoms with Crippen molar-refractivity contribution in [2.24, 2.45) is 0 Å². The first kappa shape index (κ1) is 12.2. The van der Waals surface area contributed by atoms with Gasteiger partial charge in [-0.05, 0) is 12.1 Å². The summed E-state index contributed by atoms with van der Waals surface area (Å²) in [4.78, 5) is 10.3. The van der Waals surface area contributed by atoms with Crippen molar-refractivity contribution in [2.75, 3.05) is 0 Å². The molecule has 0 heterocycles. The lowest BCUT2D eigenvalue weighted by molar-refractivity contribution is 0.0500. The summed E-state index contributed by atoms with van der Waals surface area (Å²) in [6.45, 7) is 0. The van der Waals surface area contributed by atoms with Crippen LogP contribution in [0.3, 0.4) is 0 Å². The van der Waals surface area contributed by atoms with E-state index in [-0.39, 0.29) is 6.29 Å². The minimum Gasteiger partial charge on any atom is -0.384 e.